The van der Waals surface area contributed by atoms with Crippen molar-refractivity contribution in [3.63, 3.8) is 0 Å². The number of benzene rings is 2. The van der Waals surface area contributed by atoms with E-state index in [9.17, 15) is 4.79 Å². The summed E-state index contributed by atoms with van der Waals surface area (Å²) in [6, 6.07) is 16.6. The summed E-state index contributed by atoms with van der Waals surface area (Å²) in [5.41, 5.74) is 5.57. The first-order valence-corrected chi connectivity index (χ1v) is 10.1. The van der Waals surface area contributed by atoms with Crippen molar-refractivity contribution in [2.75, 3.05) is 17.7 Å². The van der Waals surface area contributed by atoms with Gasteiger partial charge < -0.3 is 15.4 Å². The van der Waals surface area contributed by atoms with Crippen molar-refractivity contribution in [1.82, 2.24) is 15.0 Å². The van der Waals surface area contributed by atoms with E-state index in [2.05, 4.69) is 25.6 Å². The summed E-state index contributed by atoms with van der Waals surface area (Å²) in [7, 11) is 1.62. The van der Waals surface area contributed by atoms with Gasteiger partial charge in [-0.05, 0) is 73.5 Å². The number of carbonyl (C=O) groups excluding carboxylic acids is 1. The Hall–Kier alpha value is -4.26. The van der Waals surface area contributed by atoms with E-state index >= 15 is 0 Å². The van der Waals surface area contributed by atoms with Gasteiger partial charge in [0.05, 0.1) is 12.8 Å². The summed E-state index contributed by atoms with van der Waals surface area (Å²) in [5.74, 6) is 0.986. The topological polar surface area (TPSA) is 89.0 Å². The molecule has 1 amide bonds. The third kappa shape index (κ3) is 4.73. The molecule has 32 heavy (non-hydrogen) atoms. The normalized spacial score (nSPS) is 10.5. The number of hydrogen-bond donors (Lipinski definition) is 2. The Morgan fingerprint density at radius 3 is 2.56 bits per heavy atom. The first-order valence-electron chi connectivity index (χ1n) is 10.1. The van der Waals surface area contributed by atoms with Crippen molar-refractivity contribution in [2.45, 2.75) is 13.8 Å². The van der Waals surface area contributed by atoms with Crippen molar-refractivity contribution >= 4 is 23.2 Å². The molecule has 160 valence electrons. The SMILES string of the molecule is COc1ccc(NC(=O)c2ccc(C)c(Nc3nccc(-c4cccnc4)n3)c2)c(C)c1. The molecule has 2 N–H and O–H groups in total. The fraction of sp³-hybridized carbons (Fsp3) is 0.120. The molecule has 0 radical (unpaired) electrons. The quantitative estimate of drug-likeness (QED) is 0.444. The van der Waals surface area contributed by atoms with Crippen molar-refractivity contribution in [2.24, 2.45) is 0 Å². The molecule has 7 nitrogen and oxygen atoms in total. The van der Waals surface area contributed by atoms with Crippen molar-refractivity contribution in [3.8, 4) is 17.0 Å². The van der Waals surface area contributed by atoms with E-state index in [-0.39, 0.29) is 5.91 Å². The van der Waals surface area contributed by atoms with Crippen LogP contribution in [0.5, 0.6) is 5.75 Å². The smallest absolute Gasteiger partial charge is 0.255 e. The number of methoxy groups -OCH3 is 1. The zero-order valence-electron chi connectivity index (χ0n) is 18.1. The number of nitrogens with one attached hydrogen (secondary N) is 2. The van der Waals surface area contributed by atoms with Crippen LogP contribution in [0.4, 0.5) is 17.3 Å². The predicted octanol–water partition coefficient (Wildman–Crippen LogP) is 5.16. The fourth-order valence-corrected chi connectivity index (χ4v) is 3.21. The molecule has 4 aromatic rings. The number of aryl methyl sites for hydroxylation is 2. The number of aromatic nitrogens is 3. The molecule has 0 atom stereocenters. The van der Waals surface area contributed by atoms with Crippen LogP contribution in [0.25, 0.3) is 11.3 Å². The average Bonchev–Trinajstić information content (AvgIpc) is 2.82. The van der Waals surface area contributed by atoms with Gasteiger partial charge in [-0.25, -0.2) is 9.97 Å². The molecular formula is C25H23N5O2. The number of hydrogen-bond acceptors (Lipinski definition) is 6. The molecule has 0 bridgehead atoms. The number of anilines is 3. The predicted molar refractivity (Wildman–Crippen MR) is 125 cm³/mol. The highest BCUT2D eigenvalue weighted by molar-refractivity contribution is 6.05. The monoisotopic (exact) mass is 425 g/mol. The largest absolute Gasteiger partial charge is 0.497 e. The second-order valence-electron chi connectivity index (χ2n) is 7.30. The van der Waals surface area contributed by atoms with Crippen LogP contribution in [0.1, 0.15) is 21.5 Å². The molecule has 0 aliphatic carbocycles. The second kappa shape index (κ2) is 9.26. The van der Waals surface area contributed by atoms with Crippen LogP contribution < -0.4 is 15.4 Å². The average molecular weight is 425 g/mol. The molecule has 0 aliphatic rings. The third-order valence-electron chi connectivity index (χ3n) is 5.04. The van der Waals surface area contributed by atoms with Gasteiger partial charge in [0.1, 0.15) is 5.75 Å². The molecule has 2 heterocycles. The molecule has 0 saturated carbocycles. The summed E-state index contributed by atoms with van der Waals surface area (Å²) in [4.78, 5) is 25.9. The van der Waals surface area contributed by atoms with Gasteiger partial charge in [0, 0.05) is 41.1 Å². The minimum Gasteiger partial charge on any atom is -0.497 e. The van der Waals surface area contributed by atoms with Crippen LogP contribution in [0, 0.1) is 13.8 Å². The molecule has 0 unspecified atom stereocenters. The summed E-state index contributed by atoms with van der Waals surface area (Å²) in [6.07, 6.45) is 5.16. The van der Waals surface area contributed by atoms with Crippen LogP contribution in [0.2, 0.25) is 0 Å². The van der Waals surface area contributed by atoms with Gasteiger partial charge in [-0.3, -0.25) is 9.78 Å². The van der Waals surface area contributed by atoms with Crippen LogP contribution >= 0.6 is 0 Å². The number of rotatable bonds is 6. The highest BCUT2D eigenvalue weighted by atomic mass is 16.5. The van der Waals surface area contributed by atoms with Gasteiger partial charge in [-0.2, -0.15) is 0 Å². The van der Waals surface area contributed by atoms with Crippen LogP contribution in [0.15, 0.2) is 73.2 Å². The Morgan fingerprint density at radius 1 is 0.938 bits per heavy atom. The highest BCUT2D eigenvalue weighted by Gasteiger charge is 2.12. The van der Waals surface area contributed by atoms with E-state index in [0.717, 1.165) is 39.5 Å². The van der Waals surface area contributed by atoms with E-state index in [4.69, 9.17) is 4.74 Å². The second-order valence-corrected chi connectivity index (χ2v) is 7.30. The molecule has 0 aliphatic heterocycles. The number of nitrogens with zero attached hydrogens (tertiary/aromatic N) is 3. The Balaban J connectivity index is 1.55. The molecule has 7 heteroatoms. The first-order chi connectivity index (χ1) is 15.5. The van der Waals surface area contributed by atoms with Crippen LogP contribution in [-0.4, -0.2) is 28.0 Å². The van der Waals surface area contributed by atoms with Gasteiger partial charge in [0.2, 0.25) is 5.95 Å². The zero-order valence-corrected chi connectivity index (χ0v) is 18.1. The molecule has 2 aromatic heterocycles. The lowest BCUT2D eigenvalue weighted by molar-refractivity contribution is 0.102. The van der Waals surface area contributed by atoms with Crippen LogP contribution in [0.3, 0.4) is 0 Å². The summed E-state index contributed by atoms with van der Waals surface area (Å²) in [6.45, 7) is 3.88. The van der Waals surface area contributed by atoms with E-state index in [1.807, 2.05) is 56.3 Å². The maximum absolute atomic E-state index is 12.9. The number of amides is 1. The zero-order chi connectivity index (χ0) is 22.5. The number of carbonyl (C=O) groups is 1. The fourth-order valence-electron chi connectivity index (χ4n) is 3.21. The lowest BCUT2D eigenvalue weighted by atomic mass is 10.1. The van der Waals surface area contributed by atoms with Crippen LogP contribution in [-0.2, 0) is 0 Å². The van der Waals surface area contributed by atoms with Crippen molar-refractivity contribution in [3.05, 3.63) is 89.9 Å². The molecule has 0 fully saturated rings. The number of ether oxygens (including phenoxy) is 1. The molecule has 4 rings (SSSR count). The molecule has 2 aromatic carbocycles. The molecule has 0 spiro atoms. The van der Waals surface area contributed by atoms with Gasteiger partial charge in [-0.15, -0.1) is 0 Å². The molecular weight excluding hydrogens is 402 g/mol. The Labute approximate surface area is 186 Å². The highest BCUT2D eigenvalue weighted by Crippen LogP contribution is 2.24. The van der Waals surface area contributed by atoms with Crippen molar-refractivity contribution in [1.29, 1.82) is 0 Å². The Kier molecular flexibility index (Phi) is 6.07. The molecule has 0 saturated heterocycles. The first kappa shape index (κ1) is 21.0. The maximum atomic E-state index is 12.9. The standard InChI is InChI=1S/C25H23N5O2/c1-16-6-7-18(24(31)28-21-9-8-20(32-3)13-17(21)2)14-23(16)30-25-27-12-10-22(29-25)19-5-4-11-26-15-19/h4-15H,1-3H3,(H,28,31)(H,27,29,30). The van der Waals surface area contributed by atoms with E-state index in [1.54, 1.807) is 37.8 Å². The minimum absolute atomic E-state index is 0.202. The van der Waals surface area contributed by atoms with E-state index in [1.165, 1.54) is 0 Å². The number of pyridine rings is 1. The van der Waals surface area contributed by atoms with Gasteiger partial charge >= 0.3 is 0 Å². The Bertz CT molecular complexity index is 1260. The van der Waals surface area contributed by atoms with E-state index in [0.29, 0.717) is 11.5 Å². The summed E-state index contributed by atoms with van der Waals surface area (Å²) < 4.78 is 5.23. The summed E-state index contributed by atoms with van der Waals surface area (Å²) in [5, 5.41) is 6.19. The van der Waals surface area contributed by atoms with Gasteiger partial charge in [-0.1, -0.05) is 6.07 Å². The van der Waals surface area contributed by atoms with Gasteiger partial charge in [0.15, 0.2) is 0 Å². The Morgan fingerprint density at radius 2 is 1.81 bits per heavy atom. The lowest BCUT2D eigenvalue weighted by Crippen LogP contribution is -2.13. The van der Waals surface area contributed by atoms with Gasteiger partial charge in [0.25, 0.3) is 5.91 Å². The van der Waals surface area contributed by atoms with Crippen molar-refractivity contribution < 1.29 is 9.53 Å². The summed E-state index contributed by atoms with van der Waals surface area (Å²) >= 11 is 0. The minimum atomic E-state index is -0.202. The third-order valence-corrected chi connectivity index (χ3v) is 5.04. The van der Waals surface area contributed by atoms with E-state index < -0.39 is 0 Å². The maximum Gasteiger partial charge on any atom is 0.255 e. The lowest BCUT2D eigenvalue weighted by Gasteiger charge is -2.13.